The molecule has 2 rings (SSSR count). The Kier molecular flexibility index (Phi) is 6.95. The number of rotatable bonds is 9. The zero-order valence-electron chi connectivity index (χ0n) is 12.8. The van der Waals surface area contributed by atoms with E-state index in [-0.39, 0.29) is 0 Å². The van der Waals surface area contributed by atoms with E-state index in [1.165, 1.54) is 5.56 Å². The average molecular weight is 316 g/mol. The van der Waals surface area contributed by atoms with Gasteiger partial charge in [-0.2, -0.15) is 0 Å². The summed E-state index contributed by atoms with van der Waals surface area (Å²) in [5.41, 5.74) is 1.22. The Labute approximate surface area is 133 Å². The topological polar surface area (TPSA) is 27.7 Å². The van der Waals surface area contributed by atoms with Crippen molar-refractivity contribution in [1.29, 1.82) is 0 Å². The first-order chi connectivity index (χ1) is 10.8. The van der Waals surface area contributed by atoms with Crippen LogP contribution in [-0.4, -0.2) is 13.2 Å². The van der Waals surface area contributed by atoms with Crippen LogP contribution in [-0.2, 0) is 10.7 Å². The Balaban J connectivity index is 1.96. The molecular formula is C18H21O3P. The molecule has 1 unspecified atom stereocenters. The SMILES string of the molecule is C=CCOc1ccc(OP(Cc2ccccc2)OCC)cc1. The largest absolute Gasteiger partial charge is 0.490 e. The predicted molar refractivity (Wildman–Crippen MR) is 91.5 cm³/mol. The Hall–Kier alpha value is -1.83. The van der Waals surface area contributed by atoms with E-state index in [4.69, 9.17) is 13.8 Å². The molecule has 0 aromatic heterocycles. The van der Waals surface area contributed by atoms with Crippen molar-refractivity contribution in [1.82, 2.24) is 0 Å². The van der Waals surface area contributed by atoms with Gasteiger partial charge in [0.25, 0.3) is 0 Å². The molecule has 0 fully saturated rings. The van der Waals surface area contributed by atoms with E-state index < -0.39 is 8.38 Å². The van der Waals surface area contributed by atoms with E-state index in [1.807, 2.05) is 49.4 Å². The van der Waals surface area contributed by atoms with Crippen molar-refractivity contribution in [3.8, 4) is 11.5 Å². The maximum atomic E-state index is 5.99. The highest BCUT2D eigenvalue weighted by molar-refractivity contribution is 7.46. The minimum Gasteiger partial charge on any atom is -0.490 e. The molecule has 0 aliphatic carbocycles. The number of ether oxygens (including phenoxy) is 1. The molecule has 0 aliphatic heterocycles. The van der Waals surface area contributed by atoms with Crippen LogP contribution in [0.25, 0.3) is 0 Å². The highest BCUT2D eigenvalue weighted by atomic mass is 31.2. The summed E-state index contributed by atoms with van der Waals surface area (Å²) in [6.45, 7) is 6.75. The van der Waals surface area contributed by atoms with E-state index in [2.05, 4.69) is 18.7 Å². The van der Waals surface area contributed by atoms with Crippen molar-refractivity contribution >= 4 is 8.38 Å². The number of hydrogen-bond acceptors (Lipinski definition) is 3. The molecule has 2 aromatic rings. The van der Waals surface area contributed by atoms with Crippen LogP contribution in [0.5, 0.6) is 11.5 Å². The van der Waals surface area contributed by atoms with Gasteiger partial charge in [-0.05, 0) is 36.8 Å². The van der Waals surface area contributed by atoms with Crippen LogP contribution in [0.4, 0.5) is 0 Å². The van der Waals surface area contributed by atoms with Crippen LogP contribution < -0.4 is 9.26 Å². The fourth-order valence-corrected chi connectivity index (χ4v) is 3.21. The third-order valence-electron chi connectivity index (χ3n) is 2.83. The van der Waals surface area contributed by atoms with Crippen LogP contribution >= 0.6 is 8.38 Å². The number of hydrogen-bond donors (Lipinski definition) is 0. The molecule has 0 heterocycles. The molecule has 0 spiro atoms. The monoisotopic (exact) mass is 316 g/mol. The maximum Gasteiger partial charge on any atom is 0.234 e. The smallest absolute Gasteiger partial charge is 0.234 e. The lowest BCUT2D eigenvalue weighted by Gasteiger charge is -2.17. The van der Waals surface area contributed by atoms with Gasteiger partial charge in [0, 0.05) is 0 Å². The summed E-state index contributed by atoms with van der Waals surface area (Å²) in [6.07, 6.45) is 2.50. The lowest BCUT2D eigenvalue weighted by molar-refractivity contribution is 0.332. The molecule has 1 atom stereocenters. The van der Waals surface area contributed by atoms with Crippen LogP contribution in [0.3, 0.4) is 0 Å². The van der Waals surface area contributed by atoms with Gasteiger partial charge in [0.1, 0.15) is 18.1 Å². The van der Waals surface area contributed by atoms with E-state index in [0.29, 0.717) is 13.2 Å². The molecule has 0 N–H and O–H groups in total. The standard InChI is InChI=1S/C18H21O3P/c1-3-14-19-17-10-12-18(13-11-17)21-22(20-4-2)15-16-8-6-5-7-9-16/h3,5-13H,1,4,14-15H2,2H3. The second kappa shape index (κ2) is 9.24. The first kappa shape index (κ1) is 16.5. The van der Waals surface area contributed by atoms with Crippen molar-refractivity contribution in [3.63, 3.8) is 0 Å². The van der Waals surface area contributed by atoms with Gasteiger partial charge in [-0.1, -0.05) is 43.0 Å². The van der Waals surface area contributed by atoms with Gasteiger partial charge in [-0.3, -0.25) is 0 Å². The van der Waals surface area contributed by atoms with E-state index >= 15 is 0 Å². The van der Waals surface area contributed by atoms with Crippen molar-refractivity contribution in [2.24, 2.45) is 0 Å². The summed E-state index contributed by atoms with van der Waals surface area (Å²) in [5, 5.41) is 0. The Morgan fingerprint density at radius 2 is 1.68 bits per heavy atom. The van der Waals surface area contributed by atoms with E-state index in [9.17, 15) is 0 Å². The zero-order chi connectivity index (χ0) is 15.6. The molecule has 0 saturated heterocycles. The summed E-state index contributed by atoms with van der Waals surface area (Å²) in [7, 11) is -0.991. The summed E-state index contributed by atoms with van der Waals surface area (Å²) in [4.78, 5) is 0. The van der Waals surface area contributed by atoms with Gasteiger partial charge in [-0.25, -0.2) is 0 Å². The fraction of sp³-hybridized carbons (Fsp3) is 0.222. The van der Waals surface area contributed by atoms with Gasteiger partial charge in [0.05, 0.1) is 12.8 Å². The van der Waals surface area contributed by atoms with Crippen molar-refractivity contribution < 1.29 is 13.8 Å². The minimum absolute atomic E-state index is 0.500. The molecule has 0 amide bonds. The first-order valence-electron chi connectivity index (χ1n) is 7.28. The minimum atomic E-state index is -0.991. The summed E-state index contributed by atoms with van der Waals surface area (Å²) < 4.78 is 17.2. The van der Waals surface area contributed by atoms with Gasteiger partial charge < -0.3 is 13.8 Å². The maximum absolute atomic E-state index is 5.99. The van der Waals surface area contributed by atoms with Crippen LogP contribution in [0.2, 0.25) is 0 Å². The number of benzene rings is 2. The molecule has 116 valence electrons. The molecular weight excluding hydrogens is 295 g/mol. The lowest BCUT2D eigenvalue weighted by Crippen LogP contribution is -1.97. The molecule has 3 nitrogen and oxygen atoms in total. The van der Waals surface area contributed by atoms with Gasteiger partial charge in [0.15, 0.2) is 0 Å². The molecule has 0 bridgehead atoms. The molecule has 22 heavy (non-hydrogen) atoms. The van der Waals surface area contributed by atoms with Gasteiger partial charge >= 0.3 is 0 Å². The van der Waals surface area contributed by atoms with Crippen LogP contribution in [0.15, 0.2) is 67.3 Å². The average Bonchev–Trinajstić information content (AvgIpc) is 2.55. The van der Waals surface area contributed by atoms with Crippen LogP contribution in [0.1, 0.15) is 12.5 Å². The predicted octanol–water partition coefficient (Wildman–Crippen LogP) is 5.18. The molecule has 4 heteroatoms. The highest BCUT2D eigenvalue weighted by Crippen LogP contribution is 2.42. The Morgan fingerprint density at radius 1 is 1.00 bits per heavy atom. The molecule has 2 aromatic carbocycles. The summed E-state index contributed by atoms with van der Waals surface area (Å²) in [5.74, 6) is 1.59. The third-order valence-corrected chi connectivity index (χ3v) is 4.41. The van der Waals surface area contributed by atoms with Crippen molar-refractivity contribution in [2.75, 3.05) is 13.2 Å². The quantitative estimate of drug-likeness (QED) is 0.471. The zero-order valence-corrected chi connectivity index (χ0v) is 13.7. The highest BCUT2D eigenvalue weighted by Gasteiger charge is 2.13. The summed E-state index contributed by atoms with van der Waals surface area (Å²) in [6, 6.07) is 17.8. The normalized spacial score (nSPS) is 11.7. The van der Waals surface area contributed by atoms with Crippen molar-refractivity contribution in [3.05, 3.63) is 72.8 Å². The lowest BCUT2D eigenvalue weighted by atomic mass is 10.2. The van der Waals surface area contributed by atoms with Crippen molar-refractivity contribution in [2.45, 2.75) is 13.1 Å². The Bertz CT molecular complexity index is 554. The van der Waals surface area contributed by atoms with E-state index in [1.54, 1.807) is 6.08 Å². The summed E-state index contributed by atoms with van der Waals surface area (Å²) >= 11 is 0. The third kappa shape index (κ3) is 5.51. The second-order valence-corrected chi connectivity index (χ2v) is 5.98. The first-order valence-corrected chi connectivity index (χ1v) is 8.64. The molecule has 0 radical (unpaired) electrons. The van der Waals surface area contributed by atoms with Crippen LogP contribution in [0, 0.1) is 0 Å². The second-order valence-electron chi connectivity index (χ2n) is 4.56. The van der Waals surface area contributed by atoms with E-state index in [0.717, 1.165) is 17.7 Å². The molecule has 0 aliphatic rings. The molecule has 0 saturated carbocycles. The fourth-order valence-electron chi connectivity index (χ4n) is 1.85. The van der Waals surface area contributed by atoms with Gasteiger partial charge in [-0.15, -0.1) is 0 Å². The van der Waals surface area contributed by atoms with Gasteiger partial charge in [0.2, 0.25) is 8.38 Å². The Morgan fingerprint density at radius 3 is 2.32 bits per heavy atom.